The highest BCUT2D eigenvalue weighted by atomic mass is 16.2. The lowest BCUT2D eigenvalue weighted by Crippen LogP contribution is -2.38. The van der Waals surface area contributed by atoms with E-state index in [0.717, 1.165) is 32.5 Å². The van der Waals surface area contributed by atoms with Crippen LogP contribution < -0.4 is 5.32 Å². The number of hydrogen-bond acceptors (Lipinski definition) is 3. The summed E-state index contributed by atoms with van der Waals surface area (Å²) < 4.78 is 0. The Morgan fingerprint density at radius 3 is 2.40 bits per heavy atom. The number of carbonyl (C=O) groups is 1. The molecule has 1 amide bonds. The van der Waals surface area contributed by atoms with Crippen LogP contribution in [-0.4, -0.2) is 63.0 Å². The second-order valence-electron chi connectivity index (χ2n) is 4.02. The summed E-state index contributed by atoms with van der Waals surface area (Å²) in [5.41, 5.74) is 0. The van der Waals surface area contributed by atoms with Gasteiger partial charge in [0.1, 0.15) is 0 Å². The predicted molar refractivity (Wildman–Crippen MR) is 64.0 cm³/mol. The zero-order valence-electron chi connectivity index (χ0n) is 10.5. The summed E-state index contributed by atoms with van der Waals surface area (Å²) in [6.07, 6.45) is 2.19. The van der Waals surface area contributed by atoms with Crippen molar-refractivity contribution < 1.29 is 4.79 Å². The lowest BCUT2D eigenvalue weighted by molar-refractivity contribution is -0.129. The Bertz CT molecular complexity index is 171. The fourth-order valence-electron chi connectivity index (χ4n) is 1.40. The second kappa shape index (κ2) is 8.68. The predicted octanol–water partition coefficient (Wildman–Crippen LogP) is 0.396. The molecule has 4 nitrogen and oxygen atoms in total. The fourth-order valence-corrected chi connectivity index (χ4v) is 1.40. The van der Waals surface area contributed by atoms with Crippen LogP contribution in [0.25, 0.3) is 0 Å². The molecule has 90 valence electrons. The van der Waals surface area contributed by atoms with Crippen molar-refractivity contribution in [2.75, 3.05) is 47.3 Å². The van der Waals surface area contributed by atoms with Gasteiger partial charge in [-0.15, -0.1) is 0 Å². The first-order valence-electron chi connectivity index (χ1n) is 5.69. The highest BCUT2D eigenvalue weighted by Gasteiger charge is 2.10. The number of hydrogen-bond donors (Lipinski definition) is 1. The molecule has 0 aliphatic heterocycles. The van der Waals surface area contributed by atoms with Crippen LogP contribution in [0.4, 0.5) is 0 Å². The van der Waals surface area contributed by atoms with Crippen molar-refractivity contribution in [3.05, 3.63) is 0 Å². The van der Waals surface area contributed by atoms with E-state index in [0.29, 0.717) is 6.54 Å². The van der Waals surface area contributed by atoms with Crippen molar-refractivity contribution in [2.24, 2.45) is 0 Å². The van der Waals surface area contributed by atoms with E-state index in [-0.39, 0.29) is 5.91 Å². The maximum absolute atomic E-state index is 11.5. The van der Waals surface area contributed by atoms with Crippen molar-refractivity contribution in [1.29, 1.82) is 0 Å². The third kappa shape index (κ3) is 7.33. The van der Waals surface area contributed by atoms with Gasteiger partial charge in [0.15, 0.2) is 0 Å². The van der Waals surface area contributed by atoms with Crippen molar-refractivity contribution in [1.82, 2.24) is 15.1 Å². The summed E-state index contributed by atoms with van der Waals surface area (Å²) in [6, 6.07) is 0. The van der Waals surface area contributed by atoms with Gasteiger partial charge in [-0.1, -0.05) is 6.92 Å². The van der Waals surface area contributed by atoms with E-state index in [9.17, 15) is 4.79 Å². The van der Waals surface area contributed by atoms with Gasteiger partial charge in [0.2, 0.25) is 5.91 Å². The lowest BCUT2D eigenvalue weighted by atomic mass is 10.3. The van der Waals surface area contributed by atoms with Crippen molar-refractivity contribution in [2.45, 2.75) is 19.8 Å². The van der Waals surface area contributed by atoms with Crippen molar-refractivity contribution >= 4 is 5.91 Å². The number of nitrogens with one attached hydrogen (secondary N) is 1. The first-order valence-corrected chi connectivity index (χ1v) is 5.69. The number of nitrogens with zero attached hydrogens (tertiary/aromatic N) is 2. The Kier molecular flexibility index (Phi) is 8.33. The normalized spacial score (nSPS) is 10.7. The summed E-state index contributed by atoms with van der Waals surface area (Å²) >= 11 is 0. The standard InChI is InChI=1S/C11H25N3O/c1-5-8-14(9-6-7-12-2)10-11(15)13(3)4/h12H,5-10H2,1-4H3. The Morgan fingerprint density at radius 2 is 1.93 bits per heavy atom. The Labute approximate surface area is 93.6 Å². The van der Waals surface area contributed by atoms with E-state index in [1.54, 1.807) is 19.0 Å². The molecule has 0 aromatic heterocycles. The van der Waals surface area contributed by atoms with E-state index in [1.807, 2.05) is 7.05 Å². The number of carbonyl (C=O) groups excluding carboxylic acids is 1. The summed E-state index contributed by atoms with van der Waals surface area (Å²) in [4.78, 5) is 15.4. The van der Waals surface area contributed by atoms with Gasteiger partial charge >= 0.3 is 0 Å². The van der Waals surface area contributed by atoms with Crippen molar-refractivity contribution in [3.8, 4) is 0 Å². The van der Waals surface area contributed by atoms with Gasteiger partial charge in [-0.05, 0) is 39.5 Å². The first kappa shape index (κ1) is 14.4. The molecule has 0 unspecified atom stereocenters. The van der Waals surface area contributed by atoms with E-state index >= 15 is 0 Å². The highest BCUT2D eigenvalue weighted by molar-refractivity contribution is 5.77. The molecule has 0 atom stereocenters. The van der Waals surface area contributed by atoms with Crippen LogP contribution in [0.1, 0.15) is 19.8 Å². The van der Waals surface area contributed by atoms with E-state index in [2.05, 4.69) is 17.1 Å². The molecule has 1 N–H and O–H groups in total. The van der Waals surface area contributed by atoms with Crippen LogP contribution in [0.2, 0.25) is 0 Å². The molecule has 0 spiro atoms. The van der Waals surface area contributed by atoms with E-state index in [4.69, 9.17) is 0 Å². The minimum absolute atomic E-state index is 0.188. The summed E-state index contributed by atoms with van der Waals surface area (Å²) in [5, 5.41) is 3.12. The molecule has 0 aromatic rings. The van der Waals surface area contributed by atoms with Gasteiger partial charge in [-0.2, -0.15) is 0 Å². The van der Waals surface area contributed by atoms with Crippen LogP contribution in [0, 0.1) is 0 Å². The van der Waals surface area contributed by atoms with Crippen LogP contribution in [0.5, 0.6) is 0 Å². The molecule has 0 aromatic carbocycles. The van der Waals surface area contributed by atoms with E-state index in [1.165, 1.54) is 0 Å². The molecule has 0 saturated heterocycles. The Balaban J connectivity index is 3.86. The van der Waals surface area contributed by atoms with Gasteiger partial charge in [0.25, 0.3) is 0 Å². The van der Waals surface area contributed by atoms with Gasteiger partial charge in [-0.3, -0.25) is 9.69 Å². The number of rotatable bonds is 8. The van der Waals surface area contributed by atoms with Gasteiger partial charge in [0, 0.05) is 14.1 Å². The molecule has 0 aliphatic carbocycles. The maximum atomic E-state index is 11.5. The zero-order valence-corrected chi connectivity index (χ0v) is 10.5. The monoisotopic (exact) mass is 215 g/mol. The molecular formula is C11H25N3O. The van der Waals surface area contributed by atoms with Crippen LogP contribution in [0.3, 0.4) is 0 Å². The third-order valence-electron chi connectivity index (χ3n) is 2.30. The Hall–Kier alpha value is -0.610. The average Bonchev–Trinajstić information content (AvgIpc) is 2.18. The molecule has 0 bridgehead atoms. The third-order valence-corrected chi connectivity index (χ3v) is 2.30. The lowest BCUT2D eigenvalue weighted by Gasteiger charge is -2.22. The molecular weight excluding hydrogens is 190 g/mol. The largest absolute Gasteiger partial charge is 0.348 e. The molecule has 0 saturated carbocycles. The van der Waals surface area contributed by atoms with Crippen LogP contribution in [0.15, 0.2) is 0 Å². The molecule has 0 aliphatic rings. The quantitative estimate of drug-likeness (QED) is 0.595. The van der Waals surface area contributed by atoms with Gasteiger partial charge < -0.3 is 10.2 Å². The van der Waals surface area contributed by atoms with E-state index < -0.39 is 0 Å². The second-order valence-corrected chi connectivity index (χ2v) is 4.02. The number of likely N-dealkylation sites (N-methyl/N-ethyl adjacent to an activating group) is 1. The summed E-state index contributed by atoms with van der Waals surface area (Å²) in [6.45, 7) is 5.70. The number of amides is 1. The van der Waals surface area contributed by atoms with Gasteiger partial charge in [0.05, 0.1) is 6.54 Å². The molecule has 15 heavy (non-hydrogen) atoms. The minimum Gasteiger partial charge on any atom is -0.348 e. The zero-order chi connectivity index (χ0) is 11.7. The average molecular weight is 215 g/mol. The molecule has 0 rings (SSSR count). The highest BCUT2D eigenvalue weighted by Crippen LogP contribution is 1.95. The molecule has 0 fully saturated rings. The maximum Gasteiger partial charge on any atom is 0.236 e. The van der Waals surface area contributed by atoms with Crippen LogP contribution >= 0.6 is 0 Å². The van der Waals surface area contributed by atoms with Crippen molar-refractivity contribution in [3.63, 3.8) is 0 Å². The van der Waals surface area contributed by atoms with Crippen LogP contribution in [-0.2, 0) is 4.79 Å². The topological polar surface area (TPSA) is 35.6 Å². The first-order chi connectivity index (χ1) is 7.11. The minimum atomic E-state index is 0.188. The summed E-state index contributed by atoms with van der Waals surface area (Å²) in [5.74, 6) is 0.188. The molecule has 0 radical (unpaired) electrons. The Morgan fingerprint density at radius 1 is 1.27 bits per heavy atom. The summed E-state index contributed by atoms with van der Waals surface area (Å²) in [7, 11) is 5.56. The SMILES string of the molecule is CCCN(CCCNC)CC(=O)N(C)C. The fraction of sp³-hybridized carbons (Fsp3) is 0.909. The van der Waals surface area contributed by atoms with Gasteiger partial charge in [-0.25, -0.2) is 0 Å². The molecule has 0 heterocycles. The molecule has 4 heteroatoms. The smallest absolute Gasteiger partial charge is 0.236 e.